The molecule has 2 aromatic rings. The number of aryl methyl sites for hydroxylation is 1. The largest absolute Gasteiger partial charge is 0.481 e. The fourth-order valence-electron chi connectivity index (χ4n) is 2.91. The van der Waals surface area contributed by atoms with Gasteiger partial charge in [-0.3, -0.25) is 9.59 Å². The summed E-state index contributed by atoms with van der Waals surface area (Å²) < 4.78 is 6.96. The molecule has 3 rings (SSSR count). The summed E-state index contributed by atoms with van der Waals surface area (Å²) >= 11 is 5.96. The molecule has 1 atom stereocenters. The summed E-state index contributed by atoms with van der Waals surface area (Å²) in [4.78, 5) is 23.9. The molecule has 21 heavy (non-hydrogen) atoms. The minimum Gasteiger partial charge on any atom is -0.481 e. The number of carbonyl (C=O) groups excluding carboxylic acids is 1. The second kappa shape index (κ2) is 5.07. The number of hydrogen-bond acceptors (Lipinski definition) is 3. The molecule has 0 saturated carbocycles. The lowest BCUT2D eigenvalue weighted by atomic mass is 10.0. The van der Waals surface area contributed by atoms with Crippen LogP contribution in [0, 0.1) is 0 Å². The lowest BCUT2D eigenvalue weighted by Gasteiger charge is -2.06. The van der Waals surface area contributed by atoms with Crippen molar-refractivity contribution in [3.8, 4) is 0 Å². The maximum atomic E-state index is 12.7. The first-order valence-corrected chi connectivity index (χ1v) is 7.15. The van der Waals surface area contributed by atoms with Crippen molar-refractivity contribution < 1.29 is 19.1 Å². The average Bonchev–Trinajstić information content (AvgIpc) is 3.10. The molecule has 1 aliphatic heterocycles. The number of ketones is 1. The number of aliphatic carboxylic acids is 1. The predicted molar refractivity (Wildman–Crippen MR) is 76.0 cm³/mol. The van der Waals surface area contributed by atoms with Crippen LogP contribution in [0.1, 0.15) is 46.8 Å². The fourth-order valence-corrected chi connectivity index (χ4v) is 3.10. The molecular weight excluding hydrogens is 294 g/mol. The minimum atomic E-state index is -0.857. The Balaban J connectivity index is 2.12. The molecule has 1 unspecified atom stereocenters. The van der Waals surface area contributed by atoms with Gasteiger partial charge in [0.05, 0.1) is 22.9 Å². The number of fused-ring (bicyclic) bond motifs is 1. The molecule has 0 fully saturated rings. The predicted octanol–water partition coefficient (Wildman–Crippen LogP) is 3.10. The van der Waals surface area contributed by atoms with E-state index in [0.29, 0.717) is 30.8 Å². The van der Waals surface area contributed by atoms with Gasteiger partial charge in [-0.1, -0.05) is 18.5 Å². The molecule has 0 amide bonds. The zero-order valence-corrected chi connectivity index (χ0v) is 12.2. The van der Waals surface area contributed by atoms with Crippen molar-refractivity contribution in [2.24, 2.45) is 0 Å². The van der Waals surface area contributed by atoms with E-state index < -0.39 is 11.9 Å². The standard InChI is InChI=1S/C15H14ClNO4/c1-2-8-7-11-9(15(19)20)3-5-17(11)12(8)13(18)14-10(16)4-6-21-14/h4,6-7,9H,2-3,5H2,1H3,(H,19,20). The Morgan fingerprint density at radius 2 is 2.29 bits per heavy atom. The number of halogens is 1. The Kier molecular flexibility index (Phi) is 3.37. The molecule has 0 radical (unpaired) electrons. The van der Waals surface area contributed by atoms with Crippen LogP contribution in [0.25, 0.3) is 0 Å². The average molecular weight is 308 g/mol. The highest BCUT2D eigenvalue weighted by Gasteiger charge is 2.34. The van der Waals surface area contributed by atoms with Gasteiger partial charge < -0.3 is 14.1 Å². The smallest absolute Gasteiger partial charge is 0.312 e. The van der Waals surface area contributed by atoms with E-state index in [2.05, 4.69) is 0 Å². The van der Waals surface area contributed by atoms with E-state index in [9.17, 15) is 14.7 Å². The molecule has 0 aliphatic carbocycles. The van der Waals surface area contributed by atoms with Crippen LogP contribution in [-0.2, 0) is 17.8 Å². The number of nitrogens with zero attached hydrogens (tertiary/aromatic N) is 1. The van der Waals surface area contributed by atoms with E-state index in [1.54, 1.807) is 4.57 Å². The monoisotopic (exact) mass is 307 g/mol. The summed E-state index contributed by atoms with van der Waals surface area (Å²) in [6, 6.07) is 3.34. The van der Waals surface area contributed by atoms with Gasteiger partial charge in [0, 0.05) is 12.2 Å². The molecule has 6 heteroatoms. The molecule has 0 bridgehead atoms. The van der Waals surface area contributed by atoms with E-state index in [1.165, 1.54) is 12.3 Å². The highest BCUT2D eigenvalue weighted by Crippen LogP contribution is 2.35. The van der Waals surface area contributed by atoms with Gasteiger partial charge in [-0.15, -0.1) is 0 Å². The van der Waals surface area contributed by atoms with Crippen LogP contribution >= 0.6 is 11.6 Å². The number of hydrogen-bond donors (Lipinski definition) is 1. The van der Waals surface area contributed by atoms with Gasteiger partial charge in [0.25, 0.3) is 0 Å². The molecule has 110 valence electrons. The van der Waals surface area contributed by atoms with Crippen molar-refractivity contribution in [2.45, 2.75) is 32.2 Å². The van der Waals surface area contributed by atoms with E-state index in [1.807, 2.05) is 13.0 Å². The van der Waals surface area contributed by atoms with Crippen LogP contribution in [0.15, 0.2) is 22.8 Å². The van der Waals surface area contributed by atoms with Gasteiger partial charge in [-0.2, -0.15) is 0 Å². The van der Waals surface area contributed by atoms with Gasteiger partial charge >= 0.3 is 5.97 Å². The number of furan rings is 1. The highest BCUT2D eigenvalue weighted by molar-refractivity contribution is 6.34. The number of aromatic nitrogens is 1. The zero-order valence-electron chi connectivity index (χ0n) is 11.4. The van der Waals surface area contributed by atoms with Crippen molar-refractivity contribution in [2.75, 3.05) is 0 Å². The topological polar surface area (TPSA) is 72.4 Å². The Labute approximate surface area is 126 Å². The van der Waals surface area contributed by atoms with Gasteiger partial charge in [0.2, 0.25) is 5.78 Å². The van der Waals surface area contributed by atoms with Gasteiger partial charge in [0.1, 0.15) is 0 Å². The Hall–Kier alpha value is -2.01. The molecule has 1 N–H and O–H groups in total. The number of rotatable bonds is 4. The fraction of sp³-hybridized carbons (Fsp3) is 0.333. The maximum absolute atomic E-state index is 12.7. The third kappa shape index (κ3) is 2.08. The summed E-state index contributed by atoms with van der Waals surface area (Å²) in [6.45, 7) is 2.45. The molecular formula is C15H14ClNO4. The molecule has 3 heterocycles. The second-order valence-corrected chi connectivity index (χ2v) is 5.46. The van der Waals surface area contributed by atoms with E-state index in [4.69, 9.17) is 16.0 Å². The minimum absolute atomic E-state index is 0.103. The van der Waals surface area contributed by atoms with Crippen LogP contribution in [0.3, 0.4) is 0 Å². The second-order valence-electron chi connectivity index (χ2n) is 5.05. The quantitative estimate of drug-likeness (QED) is 0.881. The summed E-state index contributed by atoms with van der Waals surface area (Å²) in [5.74, 6) is -1.60. The molecule has 0 spiro atoms. The number of carboxylic acids is 1. The summed E-state index contributed by atoms with van der Waals surface area (Å²) in [6.07, 6.45) is 2.52. The molecule has 1 aliphatic rings. The van der Waals surface area contributed by atoms with Crippen LogP contribution in [0.5, 0.6) is 0 Å². The van der Waals surface area contributed by atoms with E-state index in [-0.39, 0.29) is 16.6 Å². The first-order valence-electron chi connectivity index (χ1n) is 6.77. The van der Waals surface area contributed by atoms with Crippen LogP contribution in [0.4, 0.5) is 0 Å². The normalized spacial score (nSPS) is 17.0. The third-order valence-electron chi connectivity index (χ3n) is 3.92. The van der Waals surface area contributed by atoms with Crippen molar-refractivity contribution in [1.29, 1.82) is 0 Å². The SMILES string of the molecule is CCc1cc2n(c1C(=O)c1occc1Cl)CCC2C(=O)O. The van der Waals surface area contributed by atoms with Crippen molar-refractivity contribution in [3.63, 3.8) is 0 Å². The maximum Gasteiger partial charge on any atom is 0.312 e. The Bertz CT molecular complexity index is 728. The van der Waals surface area contributed by atoms with Crippen molar-refractivity contribution in [1.82, 2.24) is 4.57 Å². The molecule has 5 nitrogen and oxygen atoms in total. The Morgan fingerprint density at radius 1 is 1.52 bits per heavy atom. The van der Waals surface area contributed by atoms with Crippen LogP contribution in [0.2, 0.25) is 5.02 Å². The lowest BCUT2D eigenvalue weighted by Crippen LogP contribution is -2.11. The zero-order chi connectivity index (χ0) is 15.1. The summed E-state index contributed by atoms with van der Waals surface area (Å²) in [5.41, 5.74) is 2.01. The van der Waals surface area contributed by atoms with Crippen LogP contribution < -0.4 is 0 Å². The number of carbonyl (C=O) groups is 2. The number of carboxylic acid groups (broad SMARTS) is 1. The van der Waals surface area contributed by atoms with Crippen molar-refractivity contribution in [3.05, 3.63) is 46.1 Å². The molecule has 0 aromatic carbocycles. The Morgan fingerprint density at radius 3 is 2.86 bits per heavy atom. The highest BCUT2D eigenvalue weighted by atomic mass is 35.5. The lowest BCUT2D eigenvalue weighted by molar-refractivity contribution is -0.138. The van der Waals surface area contributed by atoms with Gasteiger partial charge in [-0.25, -0.2) is 0 Å². The first kappa shape index (κ1) is 13.9. The molecule has 0 saturated heterocycles. The first-order chi connectivity index (χ1) is 10.0. The summed E-state index contributed by atoms with van der Waals surface area (Å²) in [5, 5.41) is 9.53. The van der Waals surface area contributed by atoms with Gasteiger partial charge in [0.15, 0.2) is 5.76 Å². The van der Waals surface area contributed by atoms with Crippen LogP contribution in [-0.4, -0.2) is 21.4 Å². The summed E-state index contributed by atoms with van der Waals surface area (Å²) in [7, 11) is 0. The third-order valence-corrected chi connectivity index (χ3v) is 4.22. The van der Waals surface area contributed by atoms with Crippen molar-refractivity contribution >= 4 is 23.4 Å². The molecule has 2 aromatic heterocycles. The van der Waals surface area contributed by atoms with Gasteiger partial charge in [-0.05, 0) is 30.5 Å². The van der Waals surface area contributed by atoms with E-state index >= 15 is 0 Å². The van der Waals surface area contributed by atoms with E-state index in [0.717, 1.165) is 5.56 Å².